The van der Waals surface area contributed by atoms with Crippen molar-refractivity contribution >= 4 is 6.09 Å². The highest BCUT2D eigenvalue weighted by molar-refractivity contribution is 5.70. The minimum atomic E-state index is -0.600. The molecule has 1 amide bonds. The SMILES string of the molecule is CC(C)(C)OC(=O)N1C2CCC1c1nc(-c3cncc(F)c3)[nH]c(=O)c1C2. The molecule has 142 valence electrons. The fraction of sp³-hybridized carbons (Fsp3) is 0.474. The van der Waals surface area contributed by atoms with Gasteiger partial charge in [0.2, 0.25) is 0 Å². The van der Waals surface area contributed by atoms with Gasteiger partial charge in [-0.2, -0.15) is 0 Å². The highest BCUT2D eigenvalue weighted by Gasteiger charge is 2.46. The molecule has 2 atom stereocenters. The molecule has 4 rings (SSSR count). The van der Waals surface area contributed by atoms with Crippen molar-refractivity contribution in [3.05, 3.63) is 45.9 Å². The largest absolute Gasteiger partial charge is 0.444 e. The fourth-order valence-corrected chi connectivity index (χ4v) is 3.84. The number of pyridine rings is 1. The summed E-state index contributed by atoms with van der Waals surface area (Å²) in [6, 6.07) is 0.891. The summed E-state index contributed by atoms with van der Waals surface area (Å²) in [7, 11) is 0. The molecule has 4 heterocycles. The van der Waals surface area contributed by atoms with Gasteiger partial charge in [0.25, 0.3) is 5.56 Å². The lowest BCUT2D eigenvalue weighted by atomic mass is 9.99. The van der Waals surface area contributed by atoms with Crippen molar-refractivity contribution in [3.63, 3.8) is 0 Å². The van der Waals surface area contributed by atoms with E-state index in [-0.39, 0.29) is 23.5 Å². The van der Waals surface area contributed by atoms with Crippen LogP contribution in [0.15, 0.2) is 23.3 Å². The first-order valence-electron chi connectivity index (χ1n) is 8.98. The van der Waals surface area contributed by atoms with Crippen LogP contribution < -0.4 is 5.56 Å². The molecule has 1 N–H and O–H groups in total. The number of carbonyl (C=O) groups is 1. The molecule has 0 aliphatic carbocycles. The van der Waals surface area contributed by atoms with Crippen molar-refractivity contribution in [2.75, 3.05) is 0 Å². The van der Waals surface area contributed by atoms with E-state index in [9.17, 15) is 14.0 Å². The van der Waals surface area contributed by atoms with Gasteiger partial charge in [-0.05, 0) is 39.7 Å². The number of fused-ring (bicyclic) bond motifs is 4. The topological polar surface area (TPSA) is 88.2 Å². The summed E-state index contributed by atoms with van der Waals surface area (Å²) in [4.78, 5) is 38.1. The van der Waals surface area contributed by atoms with E-state index in [1.165, 1.54) is 12.3 Å². The number of hydrogen-bond acceptors (Lipinski definition) is 5. The predicted molar refractivity (Wildman–Crippen MR) is 95.6 cm³/mol. The average molecular weight is 372 g/mol. The molecule has 2 aliphatic heterocycles. The minimum absolute atomic E-state index is 0.0677. The number of carbonyl (C=O) groups excluding carboxylic acids is 1. The van der Waals surface area contributed by atoms with Crippen LogP contribution in [0.1, 0.15) is 50.9 Å². The molecule has 2 aliphatic rings. The average Bonchev–Trinajstić information content (AvgIpc) is 2.90. The van der Waals surface area contributed by atoms with Gasteiger partial charge >= 0.3 is 6.09 Å². The van der Waals surface area contributed by atoms with Gasteiger partial charge in [0.1, 0.15) is 17.2 Å². The number of amides is 1. The lowest BCUT2D eigenvalue weighted by molar-refractivity contribution is 0.0119. The molecule has 27 heavy (non-hydrogen) atoms. The Morgan fingerprint density at radius 2 is 2.11 bits per heavy atom. The van der Waals surface area contributed by atoms with Crippen LogP contribution in [0, 0.1) is 5.82 Å². The maximum Gasteiger partial charge on any atom is 0.411 e. The van der Waals surface area contributed by atoms with Gasteiger partial charge in [0.05, 0.1) is 17.9 Å². The van der Waals surface area contributed by atoms with Crippen LogP contribution in [0.3, 0.4) is 0 Å². The summed E-state index contributed by atoms with van der Waals surface area (Å²) < 4.78 is 19.1. The summed E-state index contributed by atoms with van der Waals surface area (Å²) in [5.74, 6) is -0.260. The third kappa shape index (κ3) is 3.20. The molecule has 0 spiro atoms. The van der Waals surface area contributed by atoms with Crippen molar-refractivity contribution in [2.45, 2.75) is 57.7 Å². The maximum absolute atomic E-state index is 13.5. The van der Waals surface area contributed by atoms with E-state index in [1.54, 1.807) is 4.90 Å². The van der Waals surface area contributed by atoms with Gasteiger partial charge in [-0.25, -0.2) is 14.2 Å². The second-order valence-corrected chi connectivity index (χ2v) is 8.01. The molecule has 0 radical (unpaired) electrons. The van der Waals surface area contributed by atoms with Gasteiger partial charge in [-0.1, -0.05) is 0 Å². The lowest BCUT2D eigenvalue weighted by Crippen LogP contribution is -2.46. The first kappa shape index (κ1) is 17.6. The van der Waals surface area contributed by atoms with Gasteiger partial charge in [0, 0.05) is 29.8 Å². The number of ether oxygens (including phenoxy) is 1. The maximum atomic E-state index is 13.5. The number of rotatable bonds is 1. The van der Waals surface area contributed by atoms with Crippen LogP contribution in [-0.2, 0) is 11.2 Å². The van der Waals surface area contributed by atoms with E-state index < -0.39 is 17.5 Å². The second kappa shape index (κ2) is 6.14. The van der Waals surface area contributed by atoms with Crippen LogP contribution in [0.2, 0.25) is 0 Å². The molecule has 8 heteroatoms. The predicted octanol–water partition coefficient (Wildman–Crippen LogP) is 2.97. The molecular weight excluding hydrogens is 351 g/mol. The zero-order valence-electron chi connectivity index (χ0n) is 15.5. The number of aromatic nitrogens is 3. The van der Waals surface area contributed by atoms with Crippen molar-refractivity contribution in [1.82, 2.24) is 19.9 Å². The van der Waals surface area contributed by atoms with Crippen molar-refractivity contribution in [3.8, 4) is 11.4 Å². The summed E-state index contributed by atoms with van der Waals surface area (Å²) in [6.45, 7) is 5.47. The third-order valence-corrected chi connectivity index (χ3v) is 4.89. The Bertz CT molecular complexity index is 966. The molecule has 7 nitrogen and oxygen atoms in total. The van der Waals surface area contributed by atoms with E-state index in [2.05, 4.69) is 15.0 Å². The van der Waals surface area contributed by atoms with Crippen LogP contribution in [0.25, 0.3) is 11.4 Å². The van der Waals surface area contributed by atoms with Gasteiger partial charge < -0.3 is 9.72 Å². The Morgan fingerprint density at radius 3 is 2.81 bits per heavy atom. The van der Waals surface area contributed by atoms with Crippen molar-refractivity contribution in [2.24, 2.45) is 0 Å². The molecule has 1 saturated heterocycles. The number of nitrogens with one attached hydrogen (secondary N) is 1. The standard InChI is InChI=1S/C19H21FN4O3/c1-19(2,3)27-18(26)24-12-4-5-14(24)15-13(7-12)17(25)23-16(22-15)10-6-11(20)9-21-8-10/h6,8-9,12,14H,4-5,7H2,1-3H3,(H,22,23,25). The quantitative estimate of drug-likeness (QED) is 0.831. The third-order valence-electron chi connectivity index (χ3n) is 4.89. The molecule has 2 unspecified atom stereocenters. The normalized spacial score (nSPS) is 21.1. The number of nitrogens with zero attached hydrogens (tertiary/aromatic N) is 3. The van der Waals surface area contributed by atoms with Crippen LogP contribution in [0.4, 0.5) is 9.18 Å². The second-order valence-electron chi connectivity index (χ2n) is 8.01. The fourth-order valence-electron chi connectivity index (χ4n) is 3.84. The lowest BCUT2D eigenvalue weighted by Gasteiger charge is -2.36. The van der Waals surface area contributed by atoms with Crippen LogP contribution in [0.5, 0.6) is 0 Å². The minimum Gasteiger partial charge on any atom is -0.444 e. The number of aromatic amines is 1. The first-order valence-corrected chi connectivity index (χ1v) is 8.98. The summed E-state index contributed by atoms with van der Waals surface area (Å²) >= 11 is 0. The summed E-state index contributed by atoms with van der Waals surface area (Å²) in [5, 5.41) is 0. The summed E-state index contributed by atoms with van der Waals surface area (Å²) in [6.07, 6.45) is 4.09. The van der Waals surface area contributed by atoms with Gasteiger partial charge in [-0.15, -0.1) is 0 Å². The van der Waals surface area contributed by atoms with Crippen molar-refractivity contribution < 1.29 is 13.9 Å². The molecule has 2 bridgehead atoms. The zero-order chi connectivity index (χ0) is 19.3. The van der Waals surface area contributed by atoms with Crippen LogP contribution in [-0.4, -0.2) is 37.6 Å². The highest BCUT2D eigenvalue weighted by atomic mass is 19.1. The zero-order valence-corrected chi connectivity index (χ0v) is 15.5. The number of halogens is 1. The molecule has 0 aromatic carbocycles. The summed E-state index contributed by atoms with van der Waals surface area (Å²) in [5.41, 5.74) is 0.698. The molecule has 2 aromatic rings. The van der Waals surface area contributed by atoms with E-state index in [1.807, 2.05) is 20.8 Å². The number of H-pyrrole nitrogens is 1. The Kier molecular flexibility index (Phi) is 4.01. The molecule has 1 fully saturated rings. The Morgan fingerprint density at radius 1 is 1.33 bits per heavy atom. The Labute approximate surface area is 155 Å². The monoisotopic (exact) mass is 372 g/mol. The molecule has 2 aromatic heterocycles. The van der Waals surface area contributed by atoms with E-state index in [0.29, 0.717) is 29.7 Å². The van der Waals surface area contributed by atoms with Gasteiger partial charge in [0.15, 0.2) is 0 Å². The highest BCUT2D eigenvalue weighted by Crippen LogP contribution is 2.42. The van der Waals surface area contributed by atoms with Crippen LogP contribution >= 0.6 is 0 Å². The Hall–Kier alpha value is -2.77. The smallest absolute Gasteiger partial charge is 0.411 e. The van der Waals surface area contributed by atoms with E-state index >= 15 is 0 Å². The van der Waals surface area contributed by atoms with E-state index in [4.69, 9.17) is 4.74 Å². The molecular formula is C19H21FN4O3. The Balaban J connectivity index is 1.75. The first-order chi connectivity index (χ1) is 12.7. The van der Waals surface area contributed by atoms with Crippen molar-refractivity contribution in [1.29, 1.82) is 0 Å². The number of hydrogen-bond donors (Lipinski definition) is 1. The molecule has 0 saturated carbocycles. The van der Waals surface area contributed by atoms with Gasteiger partial charge in [-0.3, -0.25) is 14.7 Å². The van der Waals surface area contributed by atoms with E-state index in [0.717, 1.165) is 12.6 Å².